The lowest BCUT2D eigenvalue weighted by Crippen LogP contribution is -2.25. The molecule has 19 heavy (non-hydrogen) atoms. The lowest BCUT2D eigenvalue weighted by Gasteiger charge is -2.06. The Kier molecular flexibility index (Phi) is 4.52. The lowest BCUT2D eigenvalue weighted by atomic mass is 10.1. The second-order valence-electron chi connectivity index (χ2n) is 4.05. The molecule has 98 valence electrons. The fourth-order valence-electron chi connectivity index (χ4n) is 1.60. The van der Waals surface area contributed by atoms with Crippen molar-refractivity contribution in [2.24, 2.45) is 0 Å². The number of nitrogens with one attached hydrogen (secondary N) is 1. The van der Waals surface area contributed by atoms with Crippen LogP contribution in [0, 0.1) is 0 Å². The molecular formula is C14H13BrN2O2. The van der Waals surface area contributed by atoms with Gasteiger partial charge < -0.3 is 10.4 Å². The van der Waals surface area contributed by atoms with Crippen LogP contribution < -0.4 is 5.32 Å². The summed E-state index contributed by atoms with van der Waals surface area (Å²) in [5.74, 6) is -0.00867. The molecule has 1 aromatic heterocycles. The molecule has 0 saturated carbocycles. The predicted molar refractivity (Wildman–Crippen MR) is 75.6 cm³/mol. The van der Waals surface area contributed by atoms with Crippen LogP contribution in [-0.2, 0) is 17.8 Å². The third kappa shape index (κ3) is 4.06. The Bertz CT molecular complexity index is 570. The number of amides is 1. The summed E-state index contributed by atoms with van der Waals surface area (Å²) >= 11 is 3.30. The first-order chi connectivity index (χ1) is 9.15. The third-order valence-electron chi connectivity index (χ3n) is 2.60. The maximum Gasteiger partial charge on any atom is 0.224 e. The van der Waals surface area contributed by atoms with Crippen molar-refractivity contribution in [2.45, 2.75) is 13.0 Å². The van der Waals surface area contributed by atoms with Crippen molar-refractivity contribution in [1.29, 1.82) is 0 Å². The molecule has 2 N–H and O–H groups in total. The summed E-state index contributed by atoms with van der Waals surface area (Å²) in [6.45, 7) is 0.375. The molecule has 1 aromatic carbocycles. The van der Waals surface area contributed by atoms with E-state index in [4.69, 9.17) is 0 Å². The van der Waals surface area contributed by atoms with Gasteiger partial charge in [-0.15, -0.1) is 0 Å². The maximum absolute atomic E-state index is 11.7. The molecule has 0 fully saturated rings. The van der Waals surface area contributed by atoms with Crippen LogP contribution in [0.4, 0.5) is 0 Å². The van der Waals surface area contributed by atoms with E-state index in [0.29, 0.717) is 12.1 Å². The van der Waals surface area contributed by atoms with Crippen LogP contribution in [0.3, 0.4) is 0 Å². The van der Waals surface area contributed by atoms with Gasteiger partial charge in [0, 0.05) is 16.2 Å². The van der Waals surface area contributed by atoms with Crippen LogP contribution >= 0.6 is 15.9 Å². The van der Waals surface area contributed by atoms with Gasteiger partial charge in [0.2, 0.25) is 5.91 Å². The summed E-state index contributed by atoms with van der Waals surface area (Å²) in [4.78, 5) is 15.9. The van der Waals surface area contributed by atoms with Crippen LogP contribution in [0.2, 0.25) is 0 Å². The van der Waals surface area contributed by atoms with Crippen molar-refractivity contribution < 1.29 is 9.90 Å². The monoisotopic (exact) mass is 320 g/mol. The summed E-state index contributed by atoms with van der Waals surface area (Å²) in [7, 11) is 0. The van der Waals surface area contributed by atoms with Gasteiger partial charge in [0.15, 0.2) is 0 Å². The predicted octanol–water partition coefficient (Wildman–Crippen LogP) is 2.41. The van der Waals surface area contributed by atoms with E-state index in [1.54, 1.807) is 30.5 Å². The molecule has 0 spiro atoms. The van der Waals surface area contributed by atoms with Crippen molar-refractivity contribution in [1.82, 2.24) is 10.3 Å². The first-order valence-electron chi connectivity index (χ1n) is 5.79. The molecule has 5 heteroatoms. The van der Waals surface area contributed by atoms with E-state index < -0.39 is 0 Å². The molecule has 0 aliphatic heterocycles. The van der Waals surface area contributed by atoms with Gasteiger partial charge in [0.1, 0.15) is 5.75 Å². The van der Waals surface area contributed by atoms with Crippen LogP contribution in [0.1, 0.15) is 11.3 Å². The average Bonchev–Trinajstić information content (AvgIpc) is 2.41. The van der Waals surface area contributed by atoms with Crippen molar-refractivity contribution in [3.05, 3.63) is 58.3 Å². The summed E-state index contributed by atoms with van der Waals surface area (Å²) in [6.07, 6.45) is 1.84. The van der Waals surface area contributed by atoms with Gasteiger partial charge >= 0.3 is 0 Å². The number of carbonyl (C=O) groups excluding carboxylic acids is 1. The highest BCUT2D eigenvalue weighted by Gasteiger charge is 2.07. The zero-order valence-electron chi connectivity index (χ0n) is 10.1. The zero-order valence-corrected chi connectivity index (χ0v) is 11.7. The molecule has 0 unspecified atom stereocenters. The van der Waals surface area contributed by atoms with Crippen LogP contribution in [0.25, 0.3) is 0 Å². The Balaban J connectivity index is 1.88. The largest absolute Gasteiger partial charge is 0.508 e. The number of pyridine rings is 1. The number of aromatic hydroxyl groups is 1. The number of hydrogen-bond donors (Lipinski definition) is 2. The van der Waals surface area contributed by atoms with E-state index in [0.717, 1.165) is 10.2 Å². The number of rotatable bonds is 4. The molecular weight excluding hydrogens is 308 g/mol. The Morgan fingerprint density at radius 2 is 2.05 bits per heavy atom. The summed E-state index contributed by atoms with van der Waals surface area (Å²) < 4.78 is 0.900. The summed E-state index contributed by atoms with van der Waals surface area (Å²) in [5, 5.41) is 12.3. The number of nitrogens with zero attached hydrogens (tertiary/aromatic N) is 1. The van der Waals surface area contributed by atoms with Crippen LogP contribution in [0.15, 0.2) is 47.1 Å². The van der Waals surface area contributed by atoms with Crippen LogP contribution in [-0.4, -0.2) is 16.0 Å². The Morgan fingerprint density at radius 1 is 1.26 bits per heavy atom. The van der Waals surface area contributed by atoms with E-state index in [1.165, 1.54) is 0 Å². The molecule has 0 saturated heterocycles. The fourth-order valence-corrected chi connectivity index (χ4v) is 1.83. The number of carbonyl (C=O) groups is 1. The average molecular weight is 321 g/mol. The highest BCUT2D eigenvalue weighted by Crippen LogP contribution is 2.15. The Hall–Kier alpha value is -1.88. The first kappa shape index (κ1) is 13.5. The maximum atomic E-state index is 11.7. The quantitative estimate of drug-likeness (QED) is 0.909. The van der Waals surface area contributed by atoms with Gasteiger partial charge in [-0.2, -0.15) is 0 Å². The van der Waals surface area contributed by atoms with Gasteiger partial charge in [-0.1, -0.05) is 18.2 Å². The second-order valence-corrected chi connectivity index (χ2v) is 4.97. The molecule has 0 bridgehead atoms. The standard InChI is InChI=1S/C14H13BrN2O2/c15-11-5-6-12(16-8-11)9-17-14(19)7-10-3-1-2-4-13(10)18/h1-6,8,18H,7,9H2,(H,17,19). The second kappa shape index (κ2) is 6.33. The minimum Gasteiger partial charge on any atom is -0.508 e. The van der Waals surface area contributed by atoms with E-state index in [1.807, 2.05) is 12.1 Å². The third-order valence-corrected chi connectivity index (χ3v) is 3.07. The van der Waals surface area contributed by atoms with Crippen molar-refractivity contribution >= 4 is 21.8 Å². The number of phenolic OH excluding ortho intramolecular Hbond substituents is 1. The van der Waals surface area contributed by atoms with E-state index in [-0.39, 0.29) is 18.1 Å². The number of para-hydroxylation sites is 1. The van der Waals surface area contributed by atoms with Crippen molar-refractivity contribution in [3.8, 4) is 5.75 Å². The molecule has 1 heterocycles. The van der Waals surface area contributed by atoms with Crippen molar-refractivity contribution in [3.63, 3.8) is 0 Å². The highest BCUT2D eigenvalue weighted by molar-refractivity contribution is 9.10. The smallest absolute Gasteiger partial charge is 0.224 e. The molecule has 2 aromatic rings. The van der Waals surface area contributed by atoms with E-state index >= 15 is 0 Å². The Labute approximate surface area is 119 Å². The van der Waals surface area contributed by atoms with Gasteiger partial charge in [-0.3, -0.25) is 9.78 Å². The van der Waals surface area contributed by atoms with E-state index in [9.17, 15) is 9.90 Å². The SMILES string of the molecule is O=C(Cc1ccccc1O)NCc1ccc(Br)cn1. The number of halogens is 1. The van der Waals surface area contributed by atoms with Gasteiger partial charge in [-0.25, -0.2) is 0 Å². The highest BCUT2D eigenvalue weighted by atomic mass is 79.9. The normalized spacial score (nSPS) is 10.2. The van der Waals surface area contributed by atoms with E-state index in [2.05, 4.69) is 26.2 Å². The van der Waals surface area contributed by atoms with Gasteiger partial charge in [-0.05, 0) is 34.1 Å². The summed E-state index contributed by atoms with van der Waals surface area (Å²) in [5.41, 5.74) is 1.40. The first-order valence-corrected chi connectivity index (χ1v) is 6.58. The Morgan fingerprint density at radius 3 is 2.74 bits per heavy atom. The number of aromatic nitrogens is 1. The number of benzene rings is 1. The molecule has 0 radical (unpaired) electrons. The summed E-state index contributed by atoms with van der Waals surface area (Å²) in [6, 6.07) is 10.5. The number of hydrogen-bond acceptors (Lipinski definition) is 3. The van der Waals surface area contributed by atoms with Crippen molar-refractivity contribution in [2.75, 3.05) is 0 Å². The molecule has 0 aliphatic rings. The van der Waals surface area contributed by atoms with Crippen LogP contribution in [0.5, 0.6) is 5.75 Å². The molecule has 1 amide bonds. The molecule has 4 nitrogen and oxygen atoms in total. The van der Waals surface area contributed by atoms with Gasteiger partial charge in [0.25, 0.3) is 0 Å². The minimum atomic E-state index is -0.147. The number of phenols is 1. The fraction of sp³-hybridized carbons (Fsp3) is 0.143. The topological polar surface area (TPSA) is 62.2 Å². The molecule has 0 aliphatic carbocycles. The lowest BCUT2D eigenvalue weighted by molar-refractivity contribution is -0.120. The molecule has 2 rings (SSSR count). The minimum absolute atomic E-state index is 0.138. The van der Waals surface area contributed by atoms with Gasteiger partial charge in [0.05, 0.1) is 18.7 Å². The zero-order chi connectivity index (χ0) is 13.7. The molecule has 0 atom stereocenters.